The normalized spacial score (nSPS) is 20.8. The van der Waals surface area contributed by atoms with E-state index >= 15 is 0 Å². The van der Waals surface area contributed by atoms with E-state index in [1.165, 1.54) is 10.6 Å². The lowest BCUT2D eigenvalue weighted by molar-refractivity contribution is 0.0942. The Labute approximate surface area is 120 Å². The highest BCUT2D eigenvalue weighted by Gasteiger charge is 2.27. The van der Waals surface area contributed by atoms with Crippen LogP contribution in [0.5, 0.6) is 0 Å². The summed E-state index contributed by atoms with van der Waals surface area (Å²) in [5.41, 5.74) is 1.48. The first-order valence-corrected chi connectivity index (χ1v) is 8.62. The van der Waals surface area contributed by atoms with Gasteiger partial charge in [-0.2, -0.15) is 0 Å². The van der Waals surface area contributed by atoms with Crippen LogP contribution in [0.25, 0.3) is 0 Å². The molecule has 0 spiro atoms. The monoisotopic (exact) mass is 296 g/mol. The van der Waals surface area contributed by atoms with E-state index in [1.54, 1.807) is 18.3 Å². The number of hydrogen-bond donors (Lipinski definition) is 0. The Kier molecular flexibility index (Phi) is 4.55. The molecular weight excluding hydrogens is 276 g/mol. The minimum absolute atomic E-state index is 0.0656. The minimum atomic E-state index is -3.15. The van der Waals surface area contributed by atoms with Crippen LogP contribution in [0.1, 0.15) is 35.3 Å². The Morgan fingerprint density at radius 3 is 2.90 bits per heavy atom. The van der Waals surface area contributed by atoms with Gasteiger partial charge in [0, 0.05) is 37.0 Å². The summed E-state index contributed by atoms with van der Waals surface area (Å²) in [5.74, 6) is 0.176. The molecule has 110 valence electrons. The largest absolute Gasteiger partial charge is 0.294 e. The molecule has 0 bridgehead atoms. The molecule has 0 aromatic carbocycles. The van der Waals surface area contributed by atoms with Crippen LogP contribution in [0, 0.1) is 12.8 Å². The topological polar surface area (TPSA) is 67.3 Å². The van der Waals surface area contributed by atoms with Crippen molar-refractivity contribution in [3.63, 3.8) is 0 Å². The van der Waals surface area contributed by atoms with Gasteiger partial charge in [-0.15, -0.1) is 0 Å². The smallest absolute Gasteiger partial charge is 0.211 e. The Morgan fingerprint density at radius 2 is 2.25 bits per heavy atom. The number of nitrogens with zero attached hydrogens (tertiary/aromatic N) is 2. The van der Waals surface area contributed by atoms with Gasteiger partial charge in [-0.25, -0.2) is 12.7 Å². The summed E-state index contributed by atoms with van der Waals surface area (Å²) in [6.07, 6.45) is 4.98. The van der Waals surface area contributed by atoms with Gasteiger partial charge >= 0.3 is 0 Å². The molecule has 1 fully saturated rings. The second kappa shape index (κ2) is 6.01. The van der Waals surface area contributed by atoms with Crippen LogP contribution in [-0.2, 0) is 10.0 Å². The Hall–Kier alpha value is -1.27. The molecule has 1 saturated heterocycles. The Balaban J connectivity index is 2.01. The van der Waals surface area contributed by atoms with Gasteiger partial charge in [0.1, 0.15) is 0 Å². The van der Waals surface area contributed by atoms with Crippen molar-refractivity contribution in [2.75, 3.05) is 19.3 Å². The van der Waals surface area contributed by atoms with Gasteiger partial charge in [0.25, 0.3) is 0 Å². The van der Waals surface area contributed by atoms with Crippen LogP contribution in [0.4, 0.5) is 0 Å². The fourth-order valence-corrected chi connectivity index (χ4v) is 3.54. The molecular formula is C14H20N2O3S. The van der Waals surface area contributed by atoms with Crippen molar-refractivity contribution in [3.8, 4) is 0 Å². The van der Waals surface area contributed by atoms with Gasteiger partial charge in [-0.05, 0) is 37.8 Å². The number of ketones is 1. The zero-order chi connectivity index (χ0) is 14.8. The molecule has 2 rings (SSSR count). The van der Waals surface area contributed by atoms with Gasteiger partial charge in [-0.3, -0.25) is 9.78 Å². The van der Waals surface area contributed by atoms with Crippen LogP contribution in [0.2, 0.25) is 0 Å². The third-order valence-electron chi connectivity index (χ3n) is 3.64. The quantitative estimate of drug-likeness (QED) is 0.792. The molecule has 1 atom stereocenters. The lowest BCUT2D eigenvalue weighted by atomic mass is 9.92. The number of piperidine rings is 1. The summed E-state index contributed by atoms with van der Waals surface area (Å²) in [6.45, 7) is 2.87. The zero-order valence-corrected chi connectivity index (χ0v) is 12.7. The van der Waals surface area contributed by atoms with Crippen molar-refractivity contribution in [1.29, 1.82) is 0 Å². The van der Waals surface area contributed by atoms with Crippen molar-refractivity contribution < 1.29 is 13.2 Å². The molecule has 6 heteroatoms. The minimum Gasteiger partial charge on any atom is -0.294 e. The summed E-state index contributed by atoms with van der Waals surface area (Å²) in [5, 5.41) is 0. The second-order valence-corrected chi connectivity index (χ2v) is 7.42. The summed E-state index contributed by atoms with van der Waals surface area (Å²) < 4.78 is 24.6. The second-order valence-electron chi connectivity index (χ2n) is 5.44. The van der Waals surface area contributed by atoms with E-state index in [2.05, 4.69) is 4.98 Å². The van der Waals surface area contributed by atoms with Crippen LogP contribution in [0.3, 0.4) is 0 Å². The third-order valence-corrected chi connectivity index (χ3v) is 4.91. The van der Waals surface area contributed by atoms with Crippen LogP contribution in [0.15, 0.2) is 18.3 Å². The molecule has 0 amide bonds. The van der Waals surface area contributed by atoms with Crippen molar-refractivity contribution >= 4 is 15.8 Å². The SMILES string of the molecule is Cc1cc(C(=O)CC2CCCN(S(C)(=O)=O)C2)ccn1. The average molecular weight is 296 g/mol. The predicted molar refractivity (Wildman–Crippen MR) is 77.1 cm³/mol. The van der Waals surface area contributed by atoms with E-state index in [4.69, 9.17) is 0 Å². The fourth-order valence-electron chi connectivity index (χ4n) is 2.59. The molecule has 1 aromatic rings. The Morgan fingerprint density at radius 1 is 1.50 bits per heavy atom. The number of Topliss-reactive ketones (excluding diaryl/α,β-unsaturated/α-hetero) is 1. The van der Waals surface area contributed by atoms with E-state index < -0.39 is 10.0 Å². The van der Waals surface area contributed by atoms with Crippen LogP contribution >= 0.6 is 0 Å². The number of rotatable bonds is 4. The molecule has 0 radical (unpaired) electrons. The van der Waals surface area contributed by atoms with E-state index in [0.717, 1.165) is 18.5 Å². The highest BCUT2D eigenvalue weighted by atomic mass is 32.2. The number of pyridine rings is 1. The highest BCUT2D eigenvalue weighted by molar-refractivity contribution is 7.88. The molecule has 2 heterocycles. The van der Waals surface area contributed by atoms with Crippen molar-refractivity contribution in [2.24, 2.45) is 5.92 Å². The summed E-state index contributed by atoms with van der Waals surface area (Å²) in [7, 11) is -3.15. The molecule has 1 aliphatic heterocycles. The lowest BCUT2D eigenvalue weighted by Crippen LogP contribution is -2.39. The van der Waals surface area contributed by atoms with Crippen LogP contribution < -0.4 is 0 Å². The number of carbonyl (C=O) groups is 1. The molecule has 1 aliphatic rings. The summed E-state index contributed by atoms with van der Waals surface area (Å²) in [4.78, 5) is 16.3. The van der Waals surface area contributed by atoms with Crippen molar-refractivity contribution in [1.82, 2.24) is 9.29 Å². The van der Waals surface area contributed by atoms with E-state index in [9.17, 15) is 13.2 Å². The Bertz CT molecular complexity index is 598. The first-order chi connectivity index (χ1) is 9.36. The summed E-state index contributed by atoms with van der Waals surface area (Å²) in [6, 6.07) is 3.49. The van der Waals surface area contributed by atoms with Crippen LogP contribution in [-0.4, -0.2) is 42.8 Å². The van der Waals surface area contributed by atoms with E-state index in [-0.39, 0.29) is 11.7 Å². The lowest BCUT2D eigenvalue weighted by Gasteiger charge is -2.30. The van der Waals surface area contributed by atoms with Gasteiger partial charge < -0.3 is 0 Å². The van der Waals surface area contributed by atoms with Crippen molar-refractivity contribution in [2.45, 2.75) is 26.2 Å². The number of aromatic nitrogens is 1. The summed E-state index contributed by atoms with van der Waals surface area (Å²) >= 11 is 0. The molecule has 1 unspecified atom stereocenters. The third kappa shape index (κ3) is 3.86. The maximum absolute atomic E-state index is 12.2. The van der Waals surface area contributed by atoms with E-state index in [0.29, 0.717) is 25.1 Å². The highest BCUT2D eigenvalue weighted by Crippen LogP contribution is 2.23. The first-order valence-electron chi connectivity index (χ1n) is 6.77. The maximum atomic E-state index is 12.2. The molecule has 0 aliphatic carbocycles. The first kappa shape index (κ1) is 15.1. The van der Waals surface area contributed by atoms with E-state index in [1.807, 2.05) is 6.92 Å². The standard InChI is InChI=1S/C14H20N2O3S/c1-11-8-13(5-6-15-11)14(17)9-12-4-3-7-16(10-12)20(2,18)19/h5-6,8,12H,3-4,7,9-10H2,1-2H3. The van der Waals surface area contributed by atoms with Gasteiger partial charge in [-0.1, -0.05) is 0 Å². The maximum Gasteiger partial charge on any atom is 0.211 e. The van der Waals surface area contributed by atoms with Crippen molar-refractivity contribution in [3.05, 3.63) is 29.6 Å². The average Bonchev–Trinajstić information content (AvgIpc) is 2.38. The number of hydrogen-bond acceptors (Lipinski definition) is 4. The number of sulfonamides is 1. The molecule has 1 aromatic heterocycles. The molecule has 5 nitrogen and oxygen atoms in total. The van der Waals surface area contributed by atoms with Gasteiger partial charge in [0.2, 0.25) is 10.0 Å². The van der Waals surface area contributed by atoms with Gasteiger partial charge in [0.15, 0.2) is 5.78 Å². The van der Waals surface area contributed by atoms with Gasteiger partial charge in [0.05, 0.1) is 6.26 Å². The molecule has 0 saturated carbocycles. The zero-order valence-electron chi connectivity index (χ0n) is 11.9. The number of carbonyl (C=O) groups excluding carboxylic acids is 1. The molecule has 20 heavy (non-hydrogen) atoms. The molecule has 0 N–H and O–H groups in total. The number of aryl methyl sites for hydroxylation is 1. The fraction of sp³-hybridized carbons (Fsp3) is 0.571. The predicted octanol–water partition coefficient (Wildman–Crippen LogP) is 1.63.